The minimum Gasteiger partial charge on any atom is -0.463 e. The number of esters is 3. The van der Waals surface area contributed by atoms with Gasteiger partial charge >= 0.3 is 17.9 Å². The van der Waals surface area contributed by atoms with E-state index in [1.807, 2.05) is 0 Å². The molecule has 2 aromatic carbocycles. The first kappa shape index (κ1) is 32.2. The zero-order valence-electron chi connectivity index (χ0n) is 21.9. The second-order valence-corrected chi connectivity index (χ2v) is 12.1. The number of benzene rings is 2. The van der Waals surface area contributed by atoms with Crippen LogP contribution in [0.15, 0.2) is 35.2 Å². The first-order valence-corrected chi connectivity index (χ1v) is 14.8. The molecule has 224 valence electrons. The van der Waals surface area contributed by atoms with E-state index in [-0.39, 0.29) is 25.0 Å². The maximum atomic E-state index is 14.0. The first-order valence-electron chi connectivity index (χ1n) is 12.1. The van der Waals surface area contributed by atoms with E-state index in [2.05, 4.69) is 0 Å². The van der Waals surface area contributed by atoms with E-state index in [4.69, 9.17) is 65.4 Å². The van der Waals surface area contributed by atoms with Gasteiger partial charge in [0.25, 0.3) is 11.8 Å². The van der Waals surface area contributed by atoms with Crippen LogP contribution in [0.1, 0.15) is 41.5 Å². The monoisotopic (exact) mass is 679 g/mol. The second kappa shape index (κ2) is 12.9. The van der Waals surface area contributed by atoms with Crippen molar-refractivity contribution in [2.24, 2.45) is 0 Å². The predicted octanol–water partition coefficient (Wildman–Crippen LogP) is 4.22. The summed E-state index contributed by atoms with van der Waals surface area (Å²) in [7, 11) is -2.17. The zero-order valence-corrected chi connectivity index (χ0v) is 25.8. The molecule has 0 unspecified atom stereocenters. The van der Waals surface area contributed by atoms with E-state index in [9.17, 15) is 28.2 Å². The molecule has 0 aromatic heterocycles. The van der Waals surface area contributed by atoms with Crippen molar-refractivity contribution in [2.45, 2.75) is 55.5 Å². The molecule has 1 fully saturated rings. The number of hydrogen-bond acceptors (Lipinski definition) is 10. The lowest BCUT2D eigenvalue weighted by Gasteiger charge is -2.47. The molecule has 0 saturated carbocycles. The summed E-state index contributed by atoms with van der Waals surface area (Å²) in [6, 6.07) is 6.18. The molecule has 2 amide bonds. The Labute approximate surface area is 261 Å². The normalized spacial score (nSPS) is 24.2. The molecule has 1 saturated heterocycles. The highest BCUT2D eigenvalue weighted by Crippen LogP contribution is 2.47. The molecule has 0 N–H and O–H groups in total. The fraction of sp³-hybridized carbons (Fsp3) is 0.346. The third kappa shape index (κ3) is 6.01. The van der Waals surface area contributed by atoms with Crippen LogP contribution in [-0.2, 0) is 44.1 Å². The van der Waals surface area contributed by atoms with E-state index in [1.54, 1.807) is 18.2 Å². The fourth-order valence-corrected chi connectivity index (χ4v) is 7.14. The van der Waals surface area contributed by atoms with Gasteiger partial charge in [0.15, 0.2) is 17.6 Å². The van der Waals surface area contributed by atoms with Crippen LogP contribution in [0.25, 0.3) is 0 Å². The minimum absolute atomic E-state index is 0.213. The van der Waals surface area contributed by atoms with Crippen molar-refractivity contribution in [3.8, 4) is 0 Å². The van der Waals surface area contributed by atoms with E-state index in [1.165, 1.54) is 12.1 Å². The maximum Gasteiger partial charge on any atom is 0.303 e. The van der Waals surface area contributed by atoms with Crippen LogP contribution >= 0.6 is 46.4 Å². The van der Waals surface area contributed by atoms with Gasteiger partial charge in [-0.05, 0) is 12.1 Å². The van der Waals surface area contributed by atoms with E-state index in [0.717, 1.165) is 20.8 Å². The molecule has 16 heteroatoms. The van der Waals surface area contributed by atoms with Crippen molar-refractivity contribution in [3.63, 3.8) is 0 Å². The first-order chi connectivity index (χ1) is 19.8. The minimum atomic E-state index is -2.17. The highest BCUT2D eigenvalue weighted by atomic mass is 35.5. The lowest BCUT2D eigenvalue weighted by Crippen LogP contribution is -2.67. The van der Waals surface area contributed by atoms with Crippen LogP contribution in [-0.4, -0.2) is 75.2 Å². The SMILES string of the molecule is CC(=O)OC[C@H]1O[C@@H]([S@@](=O)c2ccccc2)[C@H](N2C(=O)c3c(Cl)c(Cl)c(Cl)c(Cl)c3C2=O)[C@@H](OC(C)=O)[C@@H]1OC(C)=O. The van der Waals surface area contributed by atoms with Crippen molar-refractivity contribution in [3.05, 3.63) is 61.5 Å². The largest absolute Gasteiger partial charge is 0.463 e. The summed E-state index contributed by atoms with van der Waals surface area (Å²) < 4.78 is 36.2. The molecule has 2 aliphatic heterocycles. The molecule has 2 aliphatic rings. The number of ether oxygens (including phenoxy) is 4. The average molecular weight is 681 g/mol. The number of fused-ring (bicyclic) bond motifs is 1. The number of carbonyl (C=O) groups excluding carboxylic acids is 5. The van der Waals surface area contributed by atoms with Crippen LogP contribution in [0.5, 0.6) is 0 Å². The number of hydrogen-bond donors (Lipinski definition) is 0. The molecule has 42 heavy (non-hydrogen) atoms. The van der Waals surface area contributed by atoms with Gasteiger partial charge in [-0.1, -0.05) is 64.6 Å². The van der Waals surface area contributed by atoms with E-state index in [0.29, 0.717) is 4.90 Å². The Hall–Kier alpha value is -2.74. The van der Waals surface area contributed by atoms with Gasteiger partial charge in [-0.2, -0.15) is 0 Å². The molecule has 2 heterocycles. The Morgan fingerprint density at radius 1 is 0.810 bits per heavy atom. The quantitative estimate of drug-likeness (QED) is 0.137. The maximum absolute atomic E-state index is 14.0. The van der Waals surface area contributed by atoms with Gasteiger partial charge in [-0.3, -0.25) is 33.1 Å². The van der Waals surface area contributed by atoms with Gasteiger partial charge in [0, 0.05) is 25.7 Å². The number of halogens is 4. The molecule has 0 bridgehead atoms. The molecular weight excluding hydrogens is 660 g/mol. The standard InChI is InChI=1S/C26H21Cl4NO10S/c1-10(32)38-9-14-22(39-11(2)33)23(40-12(3)34)21(26(41-14)42(37)13-7-5-4-6-8-13)31-24(35)15-16(25(31)36)18(28)20(30)19(29)17(15)27/h4-8,14,21-23,26H,9H2,1-3H3/t14-,21-,22-,23-,26+,42+/m1/s1. The Balaban J connectivity index is 1.94. The lowest BCUT2D eigenvalue weighted by molar-refractivity contribution is -0.217. The molecule has 11 nitrogen and oxygen atoms in total. The summed E-state index contributed by atoms with van der Waals surface area (Å²) in [6.45, 7) is 2.70. The van der Waals surface area contributed by atoms with E-state index < -0.39 is 88.0 Å². The van der Waals surface area contributed by atoms with Crippen molar-refractivity contribution in [2.75, 3.05) is 6.61 Å². The topological polar surface area (TPSA) is 143 Å². The van der Waals surface area contributed by atoms with Crippen LogP contribution in [0.4, 0.5) is 0 Å². The molecule has 0 radical (unpaired) electrons. The Morgan fingerprint density at radius 3 is 1.79 bits per heavy atom. The molecule has 0 aliphatic carbocycles. The smallest absolute Gasteiger partial charge is 0.303 e. The van der Waals surface area contributed by atoms with Crippen molar-refractivity contribution in [1.82, 2.24) is 4.90 Å². The van der Waals surface area contributed by atoms with Gasteiger partial charge in [0.05, 0.1) is 42.0 Å². The summed E-state index contributed by atoms with van der Waals surface area (Å²) >= 11 is 25.0. The fourth-order valence-electron chi connectivity index (χ4n) is 4.66. The van der Waals surface area contributed by atoms with Crippen LogP contribution in [0.3, 0.4) is 0 Å². The van der Waals surface area contributed by atoms with Gasteiger partial charge in [0.1, 0.15) is 18.8 Å². The number of amides is 2. The van der Waals surface area contributed by atoms with E-state index >= 15 is 0 Å². The summed E-state index contributed by atoms with van der Waals surface area (Å²) in [4.78, 5) is 64.8. The highest BCUT2D eigenvalue weighted by Gasteiger charge is 2.59. The summed E-state index contributed by atoms with van der Waals surface area (Å²) in [5.41, 5.74) is -2.40. The Bertz CT molecular complexity index is 1460. The van der Waals surface area contributed by atoms with Gasteiger partial charge in [-0.15, -0.1) is 0 Å². The molecular formula is C26H21Cl4NO10S. The van der Waals surface area contributed by atoms with Crippen LogP contribution in [0.2, 0.25) is 20.1 Å². The molecule has 6 atom stereocenters. The van der Waals surface area contributed by atoms with Crippen molar-refractivity contribution in [1.29, 1.82) is 0 Å². The third-order valence-corrected chi connectivity index (χ3v) is 9.64. The van der Waals surface area contributed by atoms with Gasteiger partial charge < -0.3 is 18.9 Å². The van der Waals surface area contributed by atoms with Crippen LogP contribution in [0, 0.1) is 0 Å². The molecule has 4 rings (SSSR count). The lowest BCUT2D eigenvalue weighted by atomic mass is 9.96. The van der Waals surface area contributed by atoms with Crippen molar-refractivity contribution >= 4 is 86.9 Å². The third-order valence-electron chi connectivity index (χ3n) is 6.29. The average Bonchev–Trinajstić information content (AvgIpc) is 3.19. The summed E-state index contributed by atoms with van der Waals surface area (Å²) in [5.74, 6) is -4.56. The number of imide groups is 1. The summed E-state index contributed by atoms with van der Waals surface area (Å²) in [5, 5.41) is -1.31. The molecule has 0 spiro atoms. The summed E-state index contributed by atoms with van der Waals surface area (Å²) in [6.07, 6.45) is -4.55. The highest BCUT2D eigenvalue weighted by molar-refractivity contribution is 7.85. The zero-order chi connectivity index (χ0) is 31.0. The van der Waals surface area contributed by atoms with Gasteiger partial charge in [-0.25, -0.2) is 0 Å². The Morgan fingerprint density at radius 2 is 1.31 bits per heavy atom. The van der Waals surface area contributed by atoms with Crippen molar-refractivity contribution < 1.29 is 47.1 Å². The Kier molecular flexibility index (Phi) is 9.86. The second-order valence-electron chi connectivity index (χ2n) is 9.08. The molecule has 2 aromatic rings. The number of rotatable bonds is 7. The number of nitrogens with zero attached hydrogens (tertiary/aromatic N) is 1. The van der Waals surface area contributed by atoms with Gasteiger partial charge in [0.2, 0.25) is 0 Å². The number of carbonyl (C=O) groups is 5. The van der Waals surface area contributed by atoms with Crippen LogP contribution < -0.4 is 0 Å². The predicted molar refractivity (Wildman–Crippen MR) is 150 cm³/mol.